The largest absolute Gasteiger partial charge is 0.324 e. The summed E-state index contributed by atoms with van der Waals surface area (Å²) in [6, 6.07) is 11.6. The molecule has 0 bridgehead atoms. The maximum atomic E-state index is 12.9. The van der Waals surface area contributed by atoms with Gasteiger partial charge in [-0.2, -0.15) is 0 Å². The van der Waals surface area contributed by atoms with Gasteiger partial charge >= 0.3 is 0 Å². The highest BCUT2D eigenvalue weighted by atomic mass is 35.5. The number of hydrogen-bond acceptors (Lipinski definition) is 3. The van der Waals surface area contributed by atoms with Crippen LogP contribution in [0.3, 0.4) is 0 Å². The zero-order valence-corrected chi connectivity index (χ0v) is 18.4. The zero-order chi connectivity index (χ0) is 21.1. The van der Waals surface area contributed by atoms with E-state index in [1.807, 2.05) is 31.2 Å². The Kier molecular flexibility index (Phi) is 7.12. The lowest BCUT2D eigenvalue weighted by molar-refractivity contribution is -0.117. The fourth-order valence-corrected chi connectivity index (χ4v) is 4.33. The lowest BCUT2D eigenvalue weighted by Crippen LogP contribution is -2.47. The maximum Gasteiger partial charge on any atom is 0.248 e. The number of halogens is 1. The highest BCUT2D eigenvalue weighted by Gasteiger charge is 2.31. The molecule has 0 heterocycles. The Balaban J connectivity index is 2.34. The molecule has 0 aromatic heterocycles. The van der Waals surface area contributed by atoms with Gasteiger partial charge in [-0.05, 0) is 54.7 Å². The number of nitrogens with one attached hydrogen (secondary N) is 1. The van der Waals surface area contributed by atoms with Crippen molar-refractivity contribution in [3.05, 3.63) is 58.6 Å². The molecule has 1 atom stereocenters. The number of carbonyl (C=O) groups excluding carboxylic acids is 1. The van der Waals surface area contributed by atoms with Crippen molar-refractivity contribution >= 4 is 38.9 Å². The summed E-state index contributed by atoms with van der Waals surface area (Å²) in [6.45, 7) is 7.80. The molecule has 0 fully saturated rings. The van der Waals surface area contributed by atoms with E-state index in [1.165, 1.54) is 0 Å². The summed E-state index contributed by atoms with van der Waals surface area (Å²) < 4.78 is 26.2. The molecule has 0 saturated carbocycles. The van der Waals surface area contributed by atoms with E-state index < -0.39 is 16.1 Å². The molecule has 2 rings (SSSR count). The number of aryl methyl sites for hydroxylation is 1. The Morgan fingerprint density at radius 2 is 1.75 bits per heavy atom. The Bertz CT molecular complexity index is 941. The van der Waals surface area contributed by atoms with Gasteiger partial charge in [-0.15, -0.1) is 0 Å². The van der Waals surface area contributed by atoms with Gasteiger partial charge in [0.25, 0.3) is 0 Å². The van der Waals surface area contributed by atoms with Crippen molar-refractivity contribution in [2.75, 3.05) is 15.9 Å². The molecule has 1 unspecified atom stereocenters. The molecule has 0 saturated heterocycles. The second-order valence-electron chi connectivity index (χ2n) is 7.18. The minimum Gasteiger partial charge on any atom is -0.324 e. The van der Waals surface area contributed by atoms with Crippen LogP contribution in [-0.2, 0) is 14.8 Å². The molecule has 152 valence electrons. The number of hydrogen-bond donors (Lipinski definition) is 1. The Labute approximate surface area is 172 Å². The molecular formula is C21H27ClN2O3S. The van der Waals surface area contributed by atoms with Crippen LogP contribution < -0.4 is 9.62 Å². The van der Waals surface area contributed by atoms with E-state index in [9.17, 15) is 13.2 Å². The first kappa shape index (κ1) is 22.2. The van der Waals surface area contributed by atoms with E-state index in [0.717, 1.165) is 21.7 Å². The molecule has 1 amide bonds. The van der Waals surface area contributed by atoms with Crippen molar-refractivity contribution in [3.63, 3.8) is 0 Å². The number of amides is 1. The van der Waals surface area contributed by atoms with Crippen molar-refractivity contribution in [2.45, 2.75) is 46.1 Å². The van der Waals surface area contributed by atoms with E-state index >= 15 is 0 Å². The predicted molar refractivity (Wildman–Crippen MR) is 117 cm³/mol. The first-order chi connectivity index (χ1) is 13.0. The van der Waals surface area contributed by atoms with Crippen LogP contribution in [0.4, 0.5) is 11.4 Å². The second kappa shape index (κ2) is 8.97. The molecule has 2 aromatic rings. The number of carbonyl (C=O) groups is 1. The second-order valence-corrected chi connectivity index (χ2v) is 9.45. The smallest absolute Gasteiger partial charge is 0.248 e. The average Bonchev–Trinajstić information content (AvgIpc) is 2.61. The van der Waals surface area contributed by atoms with Crippen LogP contribution in [0, 0.1) is 6.92 Å². The van der Waals surface area contributed by atoms with E-state index in [1.54, 1.807) is 25.1 Å². The maximum absolute atomic E-state index is 12.9. The number of nitrogens with zero attached hydrogens (tertiary/aromatic N) is 1. The minimum atomic E-state index is -3.70. The van der Waals surface area contributed by atoms with E-state index in [-0.39, 0.29) is 5.91 Å². The zero-order valence-electron chi connectivity index (χ0n) is 16.9. The van der Waals surface area contributed by atoms with Gasteiger partial charge < -0.3 is 5.32 Å². The lowest BCUT2D eigenvalue weighted by atomic mass is 10.0. The predicted octanol–water partition coefficient (Wildman–Crippen LogP) is 4.96. The lowest BCUT2D eigenvalue weighted by Gasteiger charge is -2.30. The van der Waals surface area contributed by atoms with Crippen molar-refractivity contribution in [3.8, 4) is 0 Å². The van der Waals surface area contributed by atoms with Gasteiger partial charge in [-0.3, -0.25) is 9.10 Å². The number of rotatable bonds is 7. The highest BCUT2D eigenvalue weighted by Crippen LogP contribution is 2.28. The summed E-state index contributed by atoms with van der Waals surface area (Å²) in [4.78, 5) is 12.9. The molecule has 0 aliphatic heterocycles. The fraction of sp³-hybridized carbons (Fsp3) is 0.381. The van der Waals surface area contributed by atoms with Gasteiger partial charge in [0.05, 0.1) is 11.9 Å². The quantitative estimate of drug-likeness (QED) is 0.686. The van der Waals surface area contributed by atoms with Crippen LogP contribution in [0.25, 0.3) is 0 Å². The molecule has 0 aliphatic rings. The van der Waals surface area contributed by atoms with Gasteiger partial charge in [0, 0.05) is 10.7 Å². The average molecular weight is 423 g/mol. The van der Waals surface area contributed by atoms with Crippen LogP contribution in [0.1, 0.15) is 44.2 Å². The van der Waals surface area contributed by atoms with Crippen molar-refractivity contribution in [1.29, 1.82) is 0 Å². The topological polar surface area (TPSA) is 66.5 Å². The number of sulfonamides is 1. The van der Waals surface area contributed by atoms with Crippen LogP contribution in [0.15, 0.2) is 42.5 Å². The minimum absolute atomic E-state index is 0.314. The summed E-state index contributed by atoms with van der Waals surface area (Å²) in [7, 11) is -3.70. The van der Waals surface area contributed by atoms with Gasteiger partial charge in [0.2, 0.25) is 15.9 Å². The molecule has 0 radical (unpaired) electrons. The summed E-state index contributed by atoms with van der Waals surface area (Å²) in [6.07, 6.45) is 1.41. The summed E-state index contributed by atoms with van der Waals surface area (Å²) in [5.41, 5.74) is 3.00. The molecule has 7 heteroatoms. The Hall–Kier alpha value is -2.05. The molecule has 5 nitrogen and oxygen atoms in total. The Morgan fingerprint density at radius 1 is 1.14 bits per heavy atom. The third-order valence-corrected chi connectivity index (χ3v) is 6.17. The monoisotopic (exact) mass is 422 g/mol. The van der Waals surface area contributed by atoms with E-state index in [4.69, 9.17) is 11.6 Å². The molecule has 1 N–H and O–H groups in total. The molecule has 0 spiro atoms. The van der Waals surface area contributed by atoms with E-state index in [0.29, 0.717) is 28.7 Å². The summed E-state index contributed by atoms with van der Waals surface area (Å²) in [5.74, 6) is 0.00192. The molecule has 0 aliphatic carbocycles. The summed E-state index contributed by atoms with van der Waals surface area (Å²) >= 11 is 6.18. The van der Waals surface area contributed by atoms with Crippen molar-refractivity contribution < 1.29 is 13.2 Å². The Morgan fingerprint density at radius 3 is 2.21 bits per heavy atom. The van der Waals surface area contributed by atoms with Gasteiger partial charge in [0.15, 0.2) is 0 Å². The fourth-order valence-electron chi connectivity index (χ4n) is 2.96. The van der Waals surface area contributed by atoms with Crippen LogP contribution in [0.5, 0.6) is 0 Å². The molecular weight excluding hydrogens is 396 g/mol. The number of anilines is 2. The van der Waals surface area contributed by atoms with Gasteiger partial charge in [-0.25, -0.2) is 8.42 Å². The molecule has 2 aromatic carbocycles. The highest BCUT2D eigenvalue weighted by molar-refractivity contribution is 7.92. The van der Waals surface area contributed by atoms with Crippen molar-refractivity contribution in [2.24, 2.45) is 0 Å². The van der Waals surface area contributed by atoms with Crippen LogP contribution >= 0.6 is 11.6 Å². The third kappa shape index (κ3) is 5.26. The SMILES string of the molecule is CCC(C(=O)Nc1ccc(C(C)C)cc1)N(c1ccc(C)c(Cl)c1)S(C)(=O)=O. The normalized spacial score (nSPS) is 12.7. The first-order valence-electron chi connectivity index (χ1n) is 9.21. The summed E-state index contributed by atoms with van der Waals surface area (Å²) in [5, 5.41) is 3.28. The number of benzene rings is 2. The van der Waals surface area contributed by atoms with Crippen molar-refractivity contribution in [1.82, 2.24) is 0 Å². The first-order valence-corrected chi connectivity index (χ1v) is 11.4. The third-order valence-electron chi connectivity index (χ3n) is 4.58. The molecule has 28 heavy (non-hydrogen) atoms. The van der Waals surface area contributed by atoms with E-state index in [2.05, 4.69) is 19.2 Å². The van der Waals surface area contributed by atoms with Gasteiger partial charge in [0.1, 0.15) is 6.04 Å². The van der Waals surface area contributed by atoms with Crippen LogP contribution in [0.2, 0.25) is 5.02 Å². The standard InChI is InChI=1S/C21H27ClN2O3S/c1-6-20(21(25)23-17-10-8-16(9-11-17)14(2)3)24(28(5,26)27)18-12-7-15(4)19(22)13-18/h7-14,20H,6H2,1-5H3,(H,23,25). The van der Waals surface area contributed by atoms with Crippen LogP contribution in [-0.4, -0.2) is 26.6 Å². The van der Waals surface area contributed by atoms with Gasteiger partial charge in [-0.1, -0.05) is 50.6 Å².